The van der Waals surface area contributed by atoms with Crippen molar-refractivity contribution in [3.8, 4) is 0 Å². The van der Waals surface area contributed by atoms with Crippen LogP contribution in [0.1, 0.15) is 18.4 Å². The Morgan fingerprint density at radius 2 is 1.94 bits per heavy atom. The third-order valence-corrected chi connectivity index (χ3v) is 4.97. The number of rotatable bonds is 4. The number of nitrogens with one attached hydrogen (secondary N) is 1. The number of benzene rings is 1. The van der Waals surface area contributed by atoms with E-state index in [1.807, 2.05) is 0 Å². The Balaban J connectivity index is 1.75. The van der Waals surface area contributed by atoms with Crippen LogP contribution in [0.2, 0.25) is 0 Å². The molecule has 4 heteroatoms. The molecule has 0 radical (unpaired) electrons. The summed E-state index contributed by atoms with van der Waals surface area (Å²) in [5.41, 5.74) is 1.31. The predicted octanol–water partition coefficient (Wildman–Crippen LogP) is 3.73. The van der Waals surface area contributed by atoms with Crippen molar-refractivity contribution in [2.24, 2.45) is 5.92 Å². The minimum Gasteiger partial charge on any atom is -0.381 e. The first-order valence-corrected chi connectivity index (χ1v) is 7.56. The highest BCUT2D eigenvalue weighted by Gasteiger charge is 2.12. The van der Waals surface area contributed by atoms with Crippen molar-refractivity contribution < 1.29 is 4.74 Å². The highest BCUT2D eigenvalue weighted by atomic mass is 79.9. The van der Waals surface area contributed by atoms with E-state index in [-0.39, 0.29) is 0 Å². The summed E-state index contributed by atoms with van der Waals surface area (Å²) in [6, 6.07) is 6.38. The van der Waals surface area contributed by atoms with E-state index in [4.69, 9.17) is 4.74 Å². The van der Waals surface area contributed by atoms with Crippen molar-refractivity contribution in [1.29, 1.82) is 0 Å². The van der Waals surface area contributed by atoms with Gasteiger partial charge in [-0.2, -0.15) is 0 Å². The molecule has 0 aliphatic carbocycles. The zero-order valence-electron chi connectivity index (χ0n) is 9.72. The van der Waals surface area contributed by atoms with Gasteiger partial charge < -0.3 is 10.1 Å². The van der Waals surface area contributed by atoms with Crippen LogP contribution in [0.5, 0.6) is 0 Å². The van der Waals surface area contributed by atoms with Crippen LogP contribution in [-0.4, -0.2) is 19.8 Å². The summed E-state index contributed by atoms with van der Waals surface area (Å²) in [5, 5.41) is 3.53. The Kier molecular flexibility index (Phi) is 5.48. The van der Waals surface area contributed by atoms with Gasteiger partial charge in [0.2, 0.25) is 0 Å². The van der Waals surface area contributed by atoms with Crippen molar-refractivity contribution in [3.05, 3.63) is 32.7 Å². The van der Waals surface area contributed by atoms with E-state index >= 15 is 0 Å². The molecule has 2 nitrogen and oxygen atoms in total. The largest absolute Gasteiger partial charge is 0.381 e. The van der Waals surface area contributed by atoms with E-state index in [1.165, 1.54) is 18.4 Å². The zero-order chi connectivity index (χ0) is 12.1. The molecule has 1 heterocycles. The second-order valence-corrected chi connectivity index (χ2v) is 6.14. The Morgan fingerprint density at radius 3 is 2.65 bits per heavy atom. The third-order valence-electron chi connectivity index (χ3n) is 3.09. The minimum absolute atomic E-state index is 0.780. The van der Waals surface area contributed by atoms with Crippen molar-refractivity contribution in [2.45, 2.75) is 19.4 Å². The predicted molar refractivity (Wildman–Crippen MR) is 77.1 cm³/mol. The Hall–Kier alpha value is 0.1000. The molecule has 0 bridgehead atoms. The minimum atomic E-state index is 0.780. The molecule has 1 saturated heterocycles. The summed E-state index contributed by atoms with van der Waals surface area (Å²) in [4.78, 5) is 0. The van der Waals surface area contributed by atoms with E-state index in [2.05, 4.69) is 55.4 Å². The monoisotopic (exact) mass is 361 g/mol. The molecular formula is C13H17Br2NO. The number of halogens is 2. The molecule has 0 unspecified atom stereocenters. The third kappa shape index (κ3) is 4.36. The molecule has 1 fully saturated rings. The first-order valence-electron chi connectivity index (χ1n) is 5.98. The van der Waals surface area contributed by atoms with Crippen molar-refractivity contribution in [3.63, 3.8) is 0 Å². The lowest BCUT2D eigenvalue weighted by atomic mass is 10.0. The van der Waals surface area contributed by atoms with E-state index in [0.717, 1.165) is 41.2 Å². The van der Waals surface area contributed by atoms with Crippen molar-refractivity contribution >= 4 is 31.9 Å². The van der Waals surface area contributed by atoms with Crippen LogP contribution in [0, 0.1) is 5.92 Å². The summed E-state index contributed by atoms with van der Waals surface area (Å²) in [6.45, 7) is 3.88. The van der Waals surface area contributed by atoms with Gasteiger partial charge in [-0.25, -0.2) is 0 Å². The summed E-state index contributed by atoms with van der Waals surface area (Å²) in [7, 11) is 0. The molecule has 1 aromatic carbocycles. The van der Waals surface area contributed by atoms with Crippen LogP contribution >= 0.6 is 31.9 Å². The molecule has 1 N–H and O–H groups in total. The fourth-order valence-corrected chi connectivity index (χ4v) is 2.69. The van der Waals surface area contributed by atoms with Crippen LogP contribution in [0.4, 0.5) is 0 Å². The van der Waals surface area contributed by atoms with E-state index in [0.29, 0.717) is 0 Å². The standard InChI is InChI=1S/C13H17Br2NO/c14-12-2-1-11(7-13(12)15)9-16-8-10-3-5-17-6-4-10/h1-2,7,10,16H,3-6,8-9H2. The SMILES string of the molecule is Brc1ccc(CNCC2CCOCC2)cc1Br. The quantitative estimate of drug-likeness (QED) is 0.881. The summed E-state index contributed by atoms with van der Waals surface area (Å²) >= 11 is 7.00. The molecule has 0 saturated carbocycles. The second kappa shape index (κ2) is 6.88. The molecule has 0 aromatic heterocycles. The lowest BCUT2D eigenvalue weighted by Crippen LogP contribution is -2.27. The normalized spacial score (nSPS) is 17.3. The van der Waals surface area contributed by atoms with Crippen molar-refractivity contribution in [2.75, 3.05) is 19.8 Å². The van der Waals surface area contributed by atoms with Gasteiger partial charge in [0.15, 0.2) is 0 Å². The Morgan fingerprint density at radius 1 is 1.18 bits per heavy atom. The first kappa shape index (κ1) is 13.5. The maximum absolute atomic E-state index is 5.35. The van der Waals surface area contributed by atoms with Crippen LogP contribution in [0.15, 0.2) is 27.1 Å². The number of hydrogen-bond acceptors (Lipinski definition) is 2. The lowest BCUT2D eigenvalue weighted by Gasteiger charge is -2.22. The lowest BCUT2D eigenvalue weighted by molar-refractivity contribution is 0.0662. The van der Waals surface area contributed by atoms with Gasteiger partial charge in [0.1, 0.15) is 0 Å². The van der Waals surface area contributed by atoms with Gasteiger partial charge in [0.25, 0.3) is 0 Å². The van der Waals surface area contributed by atoms with Crippen molar-refractivity contribution in [1.82, 2.24) is 5.32 Å². The van der Waals surface area contributed by atoms with Crippen LogP contribution in [0.25, 0.3) is 0 Å². The smallest absolute Gasteiger partial charge is 0.0469 e. The molecule has 1 aliphatic heterocycles. The molecule has 0 spiro atoms. The summed E-state index contributed by atoms with van der Waals surface area (Å²) in [6.07, 6.45) is 2.38. The second-order valence-electron chi connectivity index (χ2n) is 4.44. The van der Waals surface area contributed by atoms with E-state index in [9.17, 15) is 0 Å². The molecule has 94 valence electrons. The van der Waals surface area contributed by atoms with Gasteiger partial charge in [-0.15, -0.1) is 0 Å². The van der Waals surface area contributed by atoms with Gasteiger partial charge in [0, 0.05) is 28.7 Å². The molecular weight excluding hydrogens is 346 g/mol. The fourth-order valence-electron chi connectivity index (χ4n) is 2.02. The maximum Gasteiger partial charge on any atom is 0.0469 e. The fraction of sp³-hybridized carbons (Fsp3) is 0.538. The van der Waals surface area contributed by atoms with E-state index in [1.54, 1.807) is 0 Å². The van der Waals surface area contributed by atoms with Gasteiger partial charge in [-0.05, 0) is 74.9 Å². The average molecular weight is 363 g/mol. The van der Waals surface area contributed by atoms with Crippen LogP contribution in [0.3, 0.4) is 0 Å². The summed E-state index contributed by atoms with van der Waals surface area (Å²) in [5.74, 6) is 0.780. The highest BCUT2D eigenvalue weighted by Crippen LogP contribution is 2.23. The van der Waals surface area contributed by atoms with Crippen LogP contribution in [-0.2, 0) is 11.3 Å². The van der Waals surface area contributed by atoms with Crippen LogP contribution < -0.4 is 5.32 Å². The zero-order valence-corrected chi connectivity index (χ0v) is 12.9. The van der Waals surface area contributed by atoms with Gasteiger partial charge in [-0.3, -0.25) is 0 Å². The molecule has 0 atom stereocenters. The highest BCUT2D eigenvalue weighted by molar-refractivity contribution is 9.13. The van der Waals surface area contributed by atoms with Gasteiger partial charge >= 0.3 is 0 Å². The molecule has 2 rings (SSSR count). The van der Waals surface area contributed by atoms with Gasteiger partial charge in [-0.1, -0.05) is 6.07 Å². The Labute approximate surface area is 119 Å². The topological polar surface area (TPSA) is 21.3 Å². The first-order chi connectivity index (χ1) is 8.25. The molecule has 17 heavy (non-hydrogen) atoms. The Bertz CT molecular complexity index is 364. The molecule has 0 amide bonds. The average Bonchev–Trinajstić information content (AvgIpc) is 2.35. The molecule has 1 aromatic rings. The van der Waals surface area contributed by atoms with E-state index < -0.39 is 0 Å². The number of hydrogen-bond donors (Lipinski definition) is 1. The maximum atomic E-state index is 5.35. The summed E-state index contributed by atoms with van der Waals surface area (Å²) < 4.78 is 7.57. The van der Waals surface area contributed by atoms with Gasteiger partial charge in [0.05, 0.1) is 0 Å². The number of ether oxygens (including phenoxy) is 1. The molecule has 1 aliphatic rings.